The first-order valence-electron chi connectivity index (χ1n) is 14.0. The number of carbonyl (C=O) groups is 1. The standard InChI is InChI=1S/C30H33N7O4S/c1-21-20-41-17-16-37(21)27-18-25(30(12-5-13-30)42(39,40)24-6-3-2-4-7-24)35-28(36-27)22-8-10-23(11-9-22)34-29(38)33-19-26-31-14-15-32-26/h2-4,6-11,14-15,18,21H,5,12-13,16-17,19-20H2,1H3,(H,31,32)(H2,33,34,38)/t21-/m0/s1. The molecule has 2 aromatic carbocycles. The molecule has 0 unspecified atom stereocenters. The molecule has 6 rings (SSSR count). The minimum absolute atomic E-state index is 0.0729. The lowest BCUT2D eigenvalue weighted by atomic mass is 9.81. The van der Waals surface area contributed by atoms with E-state index < -0.39 is 14.6 Å². The predicted molar refractivity (Wildman–Crippen MR) is 159 cm³/mol. The van der Waals surface area contributed by atoms with Crippen LogP contribution in [0.3, 0.4) is 0 Å². The average Bonchev–Trinajstić information content (AvgIpc) is 3.50. The highest BCUT2D eigenvalue weighted by molar-refractivity contribution is 7.92. The van der Waals surface area contributed by atoms with Gasteiger partial charge in [-0.05, 0) is 62.6 Å². The van der Waals surface area contributed by atoms with E-state index in [1.165, 1.54) is 0 Å². The van der Waals surface area contributed by atoms with Crippen LogP contribution in [0.4, 0.5) is 16.3 Å². The zero-order chi connectivity index (χ0) is 29.2. The maximum absolute atomic E-state index is 14.1. The van der Waals surface area contributed by atoms with Gasteiger partial charge in [-0.25, -0.2) is 28.2 Å². The third-order valence-electron chi connectivity index (χ3n) is 7.94. The summed E-state index contributed by atoms with van der Waals surface area (Å²) in [4.78, 5) is 31.6. The van der Waals surface area contributed by atoms with Crippen molar-refractivity contribution in [3.05, 3.63) is 84.6 Å². The molecule has 11 nitrogen and oxygen atoms in total. The lowest BCUT2D eigenvalue weighted by Crippen LogP contribution is -2.46. The van der Waals surface area contributed by atoms with Crippen LogP contribution in [0.1, 0.15) is 37.7 Å². The third-order valence-corrected chi connectivity index (χ3v) is 10.5. The van der Waals surface area contributed by atoms with Gasteiger partial charge in [-0.2, -0.15) is 0 Å². The Bertz CT molecular complexity index is 1640. The molecule has 218 valence electrons. The molecule has 42 heavy (non-hydrogen) atoms. The Morgan fingerprint density at radius 2 is 1.90 bits per heavy atom. The molecule has 2 amide bonds. The van der Waals surface area contributed by atoms with Crippen molar-refractivity contribution >= 4 is 27.4 Å². The number of benzene rings is 2. The molecule has 4 aromatic rings. The third kappa shape index (κ3) is 5.35. The lowest BCUT2D eigenvalue weighted by molar-refractivity contribution is 0.0985. The number of nitrogens with zero attached hydrogens (tertiary/aromatic N) is 4. The number of amides is 2. The highest BCUT2D eigenvalue weighted by Gasteiger charge is 2.52. The summed E-state index contributed by atoms with van der Waals surface area (Å²) in [6.45, 7) is 4.11. The Morgan fingerprint density at radius 1 is 1.12 bits per heavy atom. The van der Waals surface area contributed by atoms with E-state index in [1.807, 2.05) is 24.3 Å². The van der Waals surface area contributed by atoms with Gasteiger partial charge in [0.05, 0.1) is 36.4 Å². The number of hydrogen-bond donors (Lipinski definition) is 3. The Labute approximate surface area is 244 Å². The number of anilines is 2. The van der Waals surface area contributed by atoms with E-state index in [9.17, 15) is 13.2 Å². The average molecular weight is 588 g/mol. The van der Waals surface area contributed by atoms with Gasteiger partial charge in [-0.15, -0.1) is 0 Å². The van der Waals surface area contributed by atoms with Gasteiger partial charge in [-0.3, -0.25) is 0 Å². The van der Waals surface area contributed by atoms with Crippen LogP contribution < -0.4 is 15.5 Å². The number of aromatic nitrogens is 4. The molecule has 2 aliphatic rings. The summed E-state index contributed by atoms with van der Waals surface area (Å²) in [6.07, 6.45) is 5.11. The first-order valence-corrected chi connectivity index (χ1v) is 15.5. The van der Waals surface area contributed by atoms with Crippen LogP contribution in [-0.4, -0.2) is 60.2 Å². The van der Waals surface area contributed by atoms with Crippen molar-refractivity contribution in [3.63, 3.8) is 0 Å². The van der Waals surface area contributed by atoms with E-state index in [1.54, 1.807) is 48.8 Å². The molecule has 1 aliphatic carbocycles. The number of rotatable bonds is 8. The summed E-state index contributed by atoms with van der Waals surface area (Å²) < 4.78 is 32.7. The Kier molecular flexibility index (Phi) is 7.65. The van der Waals surface area contributed by atoms with Crippen molar-refractivity contribution in [1.82, 2.24) is 25.3 Å². The van der Waals surface area contributed by atoms with Crippen molar-refractivity contribution < 1.29 is 17.9 Å². The van der Waals surface area contributed by atoms with Crippen LogP contribution in [0.25, 0.3) is 11.4 Å². The number of H-pyrrole nitrogens is 1. The molecule has 1 saturated heterocycles. The predicted octanol–water partition coefficient (Wildman–Crippen LogP) is 4.27. The molecular weight excluding hydrogens is 554 g/mol. The van der Waals surface area contributed by atoms with Crippen molar-refractivity contribution in [1.29, 1.82) is 0 Å². The topological polar surface area (TPSA) is 142 Å². The number of carbonyl (C=O) groups excluding carboxylic acids is 1. The minimum atomic E-state index is -3.71. The smallest absolute Gasteiger partial charge is 0.319 e. The molecule has 2 aromatic heterocycles. The molecule has 0 bridgehead atoms. The minimum Gasteiger partial charge on any atom is -0.377 e. The first-order chi connectivity index (χ1) is 20.4. The van der Waals surface area contributed by atoms with Crippen LogP contribution >= 0.6 is 0 Å². The zero-order valence-electron chi connectivity index (χ0n) is 23.3. The first kappa shape index (κ1) is 27.9. The van der Waals surface area contributed by atoms with Gasteiger partial charge in [0, 0.05) is 36.3 Å². The van der Waals surface area contributed by atoms with Crippen molar-refractivity contribution in [2.24, 2.45) is 0 Å². The molecule has 0 radical (unpaired) electrons. The number of ether oxygens (including phenoxy) is 1. The Morgan fingerprint density at radius 3 is 2.57 bits per heavy atom. The SMILES string of the molecule is C[C@H]1COCCN1c1cc(C2(S(=O)(=O)c3ccccc3)CCC2)nc(-c2ccc(NC(=O)NCc3ncc[nH]3)cc2)n1. The number of hydrogen-bond acceptors (Lipinski definition) is 8. The number of imidazole rings is 1. The number of morpholine rings is 1. The number of nitrogens with one attached hydrogen (secondary N) is 3. The molecule has 12 heteroatoms. The van der Waals surface area contributed by atoms with Crippen molar-refractivity contribution in [3.8, 4) is 11.4 Å². The zero-order valence-corrected chi connectivity index (χ0v) is 24.1. The second-order valence-corrected chi connectivity index (χ2v) is 12.9. The van der Waals surface area contributed by atoms with Crippen molar-refractivity contribution in [2.75, 3.05) is 30.0 Å². The number of sulfone groups is 1. The molecule has 0 spiro atoms. The van der Waals surface area contributed by atoms with Crippen LogP contribution in [0.2, 0.25) is 0 Å². The fourth-order valence-electron chi connectivity index (χ4n) is 5.43. The summed E-state index contributed by atoms with van der Waals surface area (Å²) in [7, 11) is -3.71. The molecule has 2 fully saturated rings. The summed E-state index contributed by atoms with van der Waals surface area (Å²) in [5, 5.41) is 5.56. The molecule has 3 heterocycles. The second kappa shape index (κ2) is 11.5. The normalized spacial score (nSPS) is 18.2. The van der Waals surface area contributed by atoms with E-state index in [2.05, 4.69) is 32.4 Å². The fourth-order valence-corrected chi connectivity index (χ4v) is 7.61. The number of urea groups is 1. The number of aromatic amines is 1. The van der Waals surface area contributed by atoms with Crippen LogP contribution in [0.5, 0.6) is 0 Å². The van der Waals surface area contributed by atoms with Gasteiger partial charge in [0.25, 0.3) is 0 Å². The van der Waals surface area contributed by atoms with Gasteiger partial charge >= 0.3 is 6.03 Å². The highest BCUT2D eigenvalue weighted by atomic mass is 32.2. The monoisotopic (exact) mass is 587 g/mol. The van der Waals surface area contributed by atoms with Gasteiger partial charge in [-0.1, -0.05) is 18.2 Å². The van der Waals surface area contributed by atoms with Crippen molar-refractivity contribution in [2.45, 2.75) is 48.4 Å². The van der Waals surface area contributed by atoms with Gasteiger partial charge < -0.3 is 25.3 Å². The van der Waals surface area contributed by atoms with E-state index in [4.69, 9.17) is 14.7 Å². The Balaban J connectivity index is 1.33. The van der Waals surface area contributed by atoms with Crippen LogP contribution in [0, 0.1) is 0 Å². The van der Waals surface area contributed by atoms with Gasteiger partial charge in [0.1, 0.15) is 16.4 Å². The molecule has 1 aliphatic heterocycles. The van der Waals surface area contributed by atoms with E-state index in [-0.39, 0.29) is 18.6 Å². The summed E-state index contributed by atoms with van der Waals surface area (Å²) in [6, 6.07) is 17.4. The van der Waals surface area contributed by atoms with Crippen LogP contribution in [-0.2, 0) is 25.9 Å². The lowest BCUT2D eigenvalue weighted by Gasteiger charge is -2.41. The molecular formula is C30H33N7O4S. The van der Waals surface area contributed by atoms with Crippen LogP contribution in [0.15, 0.2) is 78.0 Å². The molecule has 3 N–H and O–H groups in total. The highest BCUT2D eigenvalue weighted by Crippen LogP contribution is 2.51. The molecule has 1 atom stereocenters. The quantitative estimate of drug-likeness (QED) is 0.278. The van der Waals surface area contributed by atoms with E-state index >= 15 is 0 Å². The summed E-state index contributed by atoms with van der Waals surface area (Å²) >= 11 is 0. The second-order valence-electron chi connectivity index (χ2n) is 10.6. The maximum Gasteiger partial charge on any atom is 0.319 e. The van der Waals surface area contributed by atoms with E-state index in [0.29, 0.717) is 71.9 Å². The van der Waals surface area contributed by atoms with Gasteiger partial charge in [0.15, 0.2) is 15.7 Å². The maximum atomic E-state index is 14.1. The molecule has 1 saturated carbocycles. The largest absolute Gasteiger partial charge is 0.377 e. The Hall–Kier alpha value is -4.29. The summed E-state index contributed by atoms with van der Waals surface area (Å²) in [5.41, 5.74) is 1.82. The van der Waals surface area contributed by atoms with Gasteiger partial charge in [0.2, 0.25) is 0 Å². The fraction of sp³-hybridized carbons (Fsp3) is 0.333. The summed E-state index contributed by atoms with van der Waals surface area (Å²) in [5.74, 6) is 1.77. The van der Waals surface area contributed by atoms with E-state index in [0.717, 1.165) is 6.42 Å².